The van der Waals surface area contributed by atoms with Gasteiger partial charge in [0, 0.05) is 5.56 Å². The Balaban J connectivity index is 1.94. The molecule has 0 radical (unpaired) electrons. The first-order chi connectivity index (χ1) is 12.3. The van der Waals surface area contributed by atoms with Crippen LogP contribution in [0.2, 0.25) is 0 Å². The molecule has 3 N–H and O–H groups in total. The zero-order valence-electron chi connectivity index (χ0n) is 14.3. The fraction of sp³-hybridized carbons (Fsp3) is 0.222. The van der Waals surface area contributed by atoms with Crippen LogP contribution < -0.4 is 10.0 Å². The zero-order valence-corrected chi connectivity index (χ0v) is 15.1. The number of carbonyl (C=O) groups excluding carboxylic acids is 1. The number of para-hydroxylation sites is 2. The number of nitrogens with zero attached hydrogens (tertiary/aromatic N) is 1. The Bertz CT molecular complexity index is 983. The monoisotopic (exact) mass is 373 g/mol. The number of carbonyl (C=O) groups is 1. The van der Waals surface area contributed by atoms with E-state index in [1.807, 2.05) is 13.8 Å². The summed E-state index contributed by atoms with van der Waals surface area (Å²) in [7, 11) is -3.67. The number of fused-ring (bicyclic) bond motifs is 1. The number of amides is 1. The van der Waals surface area contributed by atoms with Crippen LogP contribution in [0.3, 0.4) is 0 Å². The van der Waals surface area contributed by atoms with Gasteiger partial charge in [-0.1, -0.05) is 38.1 Å². The summed E-state index contributed by atoms with van der Waals surface area (Å²) >= 11 is 0. The van der Waals surface area contributed by atoms with E-state index in [-0.39, 0.29) is 28.1 Å². The van der Waals surface area contributed by atoms with E-state index in [0.717, 1.165) is 0 Å². The van der Waals surface area contributed by atoms with Crippen molar-refractivity contribution in [3.63, 3.8) is 0 Å². The first kappa shape index (κ1) is 17.9. The molecule has 2 aromatic rings. The van der Waals surface area contributed by atoms with Gasteiger partial charge in [0.1, 0.15) is 17.6 Å². The van der Waals surface area contributed by atoms with Gasteiger partial charge in [-0.25, -0.2) is 8.42 Å². The van der Waals surface area contributed by atoms with E-state index < -0.39 is 22.0 Å². The number of aliphatic imine (C=N–C) groups is 1. The first-order valence-electron chi connectivity index (χ1n) is 8.08. The fourth-order valence-electron chi connectivity index (χ4n) is 2.67. The van der Waals surface area contributed by atoms with Crippen LogP contribution in [0.4, 0.5) is 5.69 Å². The number of nitrogens with one attached hydrogen (secondary N) is 2. The van der Waals surface area contributed by atoms with Crippen molar-refractivity contribution >= 4 is 27.5 Å². The van der Waals surface area contributed by atoms with Gasteiger partial charge in [-0.2, -0.15) is 0 Å². The third-order valence-corrected chi connectivity index (χ3v) is 5.39. The van der Waals surface area contributed by atoms with Crippen molar-refractivity contribution in [1.82, 2.24) is 4.72 Å². The highest BCUT2D eigenvalue weighted by atomic mass is 32.2. The third kappa shape index (κ3) is 3.41. The maximum atomic E-state index is 12.7. The summed E-state index contributed by atoms with van der Waals surface area (Å²) in [6, 6.07) is 12.0. The molecule has 1 aliphatic heterocycles. The molecular weight excluding hydrogens is 354 g/mol. The predicted octanol–water partition coefficient (Wildman–Crippen LogP) is 2.09. The van der Waals surface area contributed by atoms with Crippen molar-refractivity contribution in [3.05, 3.63) is 54.1 Å². The molecule has 7 nitrogen and oxygen atoms in total. The van der Waals surface area contributed by atoms with E-state index in [1.54, 1.807) is 36.4 Å². The van der Waals surface area contributed by atoms with Crippen LogP contribution in [0.1, 0.15) is 19.4 Å². The summed E-state index contributed by atoms with van der Waals surface area (Å²) in [6.45, 7) is 3.63. The number of hydrogen-bond donors (Lipinski definition) is 3. The van der Waals surface area contributed by atoms with E-state index in [0.29, 0.717) is 5.56 Å². The highest BCUT2D eigenvalue weighted by Crippen LogP contribution is 2.25. The highest BCUT2D eigenvalue weighted by molar-refractivity contribution is 7.90. The van der Waals surface area contributed by atoms with Crippen LogP contribution in [0, 0.1) is 5.92 Å². The Morgan fingerprint density at radius 2 is 1.77 bits per heavy atom. The molecule has 1 aliphatic rings. The summed E-state index contributed by atoms with van der Waals surface area (Å²) in [5, 5.41) is 12.5. The van der Waals surface area contributed by atoms with E-state index in [4.69, 9.17) is 0 Å². The molecule has 3 rings (SSSR count). The van der Waals surface area contributed by atoms with Crippen LogP contribution in [0.25, 0.3) is 0 Å². The van der Waals surface area contributed by atoms with E-state index >= 15 is 0 Å². The fourth-order valence-corrected chi connectivity index (χ4v) is 3.90. The second-order valence-corrected chi connectivity index (χ2v) is 7.93. The Hall–Kier alpha value is -2.87. The minimum absolute atomic E-state index is 0.0528. The number of benzene rings is 2. The van der Waals surface area contributed by atoms with Gasteiger partial charge in [0.2, 0.25) is 5.91 Å². The largest absolute Gasteiger partial charge is 0.506 e. The van der Waals surface area contributed by atoms with Crippen LogP contribution in [0.15, 0.2) is 58.4 Å². The van der Waals surface area contributed by atoms with Gasteiger partial charge in [0.25, 0.3) is 10.0 Å². The topological polar surface area (TPSA) is 108 Å². The normalized spacial score (nSPS) is 17.6. The Labute approximate surface area is 151 Å². The van der Waals surface area contributed by atoms with E-state index in [1.165, 1.54) is 12.1 Å². The molecule has 1 atom stereocenters. The van der Waals surface area contributed by atoms with Crippen molar-refractivity contribution in [3.8, 4) is 5.75 Å². The SMILES string of the molecule is CC(C)[C@@H](N=C1NS(=O)(=O)c2ccccc21)C(=O)Nc1ccccc1O. The molecular formula is C18H19N3O4S. The molecule has 2 aromatic carbocycles. The van der Waals surface area contributed by atoms with Gasteiger partial charge in [-0.05, 0) is 30.2 Å². The second-order valence-electron chi connectivity index (χ2n) is 6.27. The maximum absolute atomic E-state index is 12.7. The second kappa shape index (κ2) is 6.80. The van der Waals surface area contributed by atoms with Gasteiger partial charge in [0.05, 0.1) is 10.6 Å². The number of phenols is 1. The number of amidine groups is 1. The van der Waals surface area contributed by atoms with Crippen molar-refractivity contribution in [2.45, 2.75) is 24.8 Å². The number of anilines is 1. The Morgan fingerprint density at radius 3 is 2.46 bits per heavy atom. The van der Waals surface area contributed by atoms with Crippen LogP contribution in [-0.4, -0.2) is 31.3 Å². The van der Waals surface area contributed by atoms with Crippen molar-refractivity contribution in [2.75, 3.05) is 5.32 Å². The summed E-state index contributed by atoms with van der Waals surface area (Å²) in [4.78, 5) is 17.2. The average molecular weight is 373 g/mol. The molecule has 1 amide bonds. The van der Waals surface area contributed by atoms with Gasteiger partial charge in [0.15, 0.2) is 0 Å². The minimum atomic E-state index is -3.67. The maximum Gasteiger partial charge on any atom is 0.263 e. The number of aromatic hydroxyl groups is 1. The molecule has 0 bridgehead atoms. The summed E-state index contributed by atoms with van der Waals surface area (Å²) in [5.41, 5.74) is 0.712. The molecule has 0 fully saturated rings. The van der Waals surface area contributed by atoms with Gasteiger partial charge in [-0.15, -0.1) is 0 Å². The lowest BCUT2D eigenvalue weighted by Crippen LogP contribution is -2.34. The number of phenolic OH excluding ortho intramolecular Hbond substituents is 1. The molecule has 0 spiro atoms. The predicted molar refractivity (Wildman–Crippen MR) is 98.7 cm³/mol. The molecule has 136 valence electrons. The molecule has 0 aromatic heterocycles. The van der Waals surface area contributed by atoms with Crippen LogP contribution >= 0.6 is 0 Å². The molecule has 8 heteroatoms. The number of hydrogen-bond acceptors (Lipinski definition) is 5. The molecule has 0 aliphatic carbocycles. The highest BCUT2D eigenvalue weighted by Gasteiger charge is 2.32. The van der Waals surface area contributed by atoms with E-state index in [9.17, 15) is 18.3 Å². The van der Waals surface area contributed by atoms with Gasteiger partial charge in [-0.3, -0.25) is 14.5 Å². The summed E-state index contributed by atoms with van der Waals surface area (Å²) < 4.78 is 26.8. The molecule has 0 saturated carbocycles. The third-order valence-electron chi connectivity index (χ3n) is 3.99. The van der Waals surface area contributed by atoms with Crippen molar-refractivity contribution in [2.24, 2.45) is 10.9 Å². The molecule has 1 heterocycles. The summed E-state index contributed by atoms with van der Waals surface area (Å²) in [5.74, 6) is -0.530. The van der Waals surface area contributed by atoms with Crippen LogP contribution in [-0.2, 0) is 14.8 Å². The van der Waals surface area contributed by atoms with Crippen LogP contribution in [0.5, 0.6) is 5.75 Å². The van der Waals surface area contributed by atoms with E-state index in [2.05, 4.69) is 15.0 Å². The summed E-state index contributed by atoms with van der Waals surface area (Å²) in [6.07, 6.45) is 0. The average Bonchev–Trinajstić information content (AvgIpc) is 2.85. The number of rotatable bonds is 4. The smallest absolute Gasteiger partial charge is 0.263 e. The van der Waals surface area contributed by atoms with Crippen molar-refractivity contribution in [1.29, 1.82) is 0 Å². The molecule has 26 heavy (non-hydrogen) atoms. The zero-order chi connectivity index (χ0) is 18.9. The lowest BCUT2D eigenvalue weighted by molar-refractivity contribution is -0.118. The standard InChI is InChI=1S/C18H19N3O4S/c1-11(2)16(18(23)19-13-8-4-5-9-14(13)22)20-17-12-7-3-6-10-15(12)26(24,25)21-17/h3-11,16,22H,1-2H3,(H,19,23)(H,20,21)/t16-/m1/s1. The molecule has 0 saturated heterocycles. The minimum Gasteiger partial charge on any atom is -0.506 e. The van der Waals surface area contributed by atoms with Gasteiger partial charge >= 0.3 is 0 Å². The Kier molecular flexibility index (Phi) is 4.69. The first-order valence-corrected chi connectivity index (χ1v) is 9.57. The lowest BCUT2D eigenvalue weighted by Gasteiger charge is -2.17. The van der Waals surface area contributed by atoms with Gasteiger partial charge < -0.3 is 10.4 Å². The molecule has 0 unspecified atom stereocenters. The Morgan fingerprint density at radius 1 is 1.12 bits per heavy atom. The van der Waals surface area contributed by atoms with Crippen molar-refractivity contribution < 1.29 is 18.3 Å². The lowest BCUT2D eigenvalue weighted by atomic mass is 10.0. The quantitative estimate of drug-likeness (QED) is 0.713. The number of sulfonamides is 1.